The number of hydrogen-bond acceptors (Lipinski definition) is 3. The number of hydrogen-bond donors (Lipinski definition) is 1. The highest BCUT2D eigenvalue weighted by Crippen LogP contribution is 2.23. The zero-order valence-electron chi connectivity index (χ0n) is 8.83. The molecule has 0 saturated carbocycles. The van der Waals surface area contributed by atoms with Gasteiger partial charge < -0.3 is 5.32 Å². The minimum absolute atomic E-state index is 0.0664. The lowest BCUT2D eigenvalue weighted by atomic mass is 9.96. The summed E-state index contributed by atoms with van der Waals surface area (Å²) in [5.41, 5.74) is 0.554. The van der Waals surface area contributed by atoms with Crippen molar-refractivity contribution in [1.82, 2.24) is 15.1 Å². The maximum absolute atomic E-state index is 12.0. The van der Waals surface area contributed by atoms with E-state index in [9.17, 15) is 4.79 Å². The van der Waals surface area contributed by atoms with E-state index in [1.807, 2.05) is 13.8 Å². The lowest BCUT2D eigenvalue weighted by molar-refractivity contribution is 0.0865. The van der Waals surface area contributed by atoms with Crippen molar-refractivity contribution >= 4 is 17.4 Å². The molecule has 2 rings (SSSR count). The molecule has 1 aromatic heterocycles. The van der Waals surface area contributed by atoms with E-state index in [-0.39, 0.29) is 17.7 Å². The highest BCUT2D eigenvalue weighted by atomic mass is 35.5. The zero-order chi connectivity index (χ0) is 11.0. The van der Waals surface area contributed by atoms with Crippen molar-refractivity contribution in [2.24, 2.45) is 5.92 Å². The summed E-state index contributed by atoms with van der Waals surface area (Å²) in [6, 6.07) is 0.157. The Morgan fingerprint density at radius 1 is 1.67 bits per heavy atom. The van der Waals surface area contributed by atoms with E-state index in [1.54, 1.807) is 10.9 Å². The Morgan fingerprint density at radius 3 is 2.80 bits per heavy atom. The number of nitrogens with zero attached hydrogens (tertiary/aromatic N) is 2. The van der Waals surface area contributed by atoms with Gasteiger partial charge in [-0.3, -0.25) is 9.48 Å². The average Bonchev–Trinajstić information content (AvgIpc) is 2.43. The molecule has 0 radical (unpaired) electrons. The highest BCUT2D eigenvalue weighted by molar-refractivity contribution is 6.33. The lowest BCUT2D eigenvalue weighted by Crippen LogP contribution is -2.47. The van der Waals surface area contributed by atoms with Gasteiger partial charge in [-0.25, -0.2) is 0 Å². The molecule has 1 aliphatic rings. The third-order valence-corrected chi connectivity index (χ3v) is 2.90. The molecule has 0 spiro atoms. The maximum Gasteiger partial charge on any atom is 0.188 e. The number of carbonyl (C=O) groups is 1. The molecular weight excluding hydrogens is 214 g/mol. The van der Waals surface area contributed by atoms with Gasteiger partial charge in [-0.2, -0.15) is 5.10 Å². The van der Waals surface area contributed by atoms with Crippen LogP contribution in [0.25, 0.3) is 0 Å². The molecule has 4 nitrogen and oxygen atoms in total. The van der Waals surface area contributed by atoms with Crippen LogP contribution in [0.3, 0.4) is 0 Å². The number of aromatic nitrogens is 2. The number of carbonyl (C=O) groups excluding carboxylic acids is 1. The van der Waals surface area contributed by atoms with Gasteiger partial charge in [0.1, 0.15) is 5.69 Å². The predicted molar refractivity (Wildman–Crippen MR) is 58.3 cm³/mol. The summed E-state index contributed by atoms with van der Waals surface area (Å²) in [6.07, 6.45) is 1.54. The summed E-state index contributed by atoms with van der Waals surface area (Å²) < 4.78 is 1.70. The van der Waals surface area contributed by atoms with Crippen LogP contribution in [-0.2, 0) is 0 Å². The SMILES string of the molecule is CC(C)n1ncc(Cl)c1C(=O)C1CNC1. The van der Waals surface area contributed by atoms with Crippen LogP contribution >= 0.6 is 11.6 Å². The summed E-state index contributed by atoms with van der Waals surface area (Å²) in [5, 5.41) is 7.66. The zero-order valence-corrected chi connectivity index (χ0v) is 9.58. The van der Waals surface area contributed by atoms with E-state index in [2.05, 4.69) is 10.4 Å². The average molecular weight is 228 g/mol. The summed E-state index contributed by atoms with van der Waals surface area (Å²) in [7, 11) is 0. The molecule has 1 saturated heterocycles. The number of rotatable bonds is 3. The van der Waals surface area contributed by atoms with E-state index < -0.39 is 0 Å². The van der Waals surface area contributed by atoms with Crippen molar-refractivity contribution in [2.75, 3.05) is 13.1 Å². The highest BCUT2D eigenvalue weighted by Gasteiger charge is 2.30. The van der Waals surface area contributed by atoms with Gasteiger partial charge in [0.2, 0.25) is 0 Å². The third-order valence-electron chi connectivity index (χ3n) is 2.63. The molecule has 0 amide bonds. The molecule has 0 aliphatic carbocycles. The summed E-state index contributed by atoms with van der Waals surface area (Å²) in [4.78, 5) is 12.0. The Bertz CT molecular complexity index is 382. The van der Waals surface area contributed by atoms with Crippen LogP contribution in [0.2, 0.25) is 5.02 Å². The molecule has 0 atom stereocenters. The Balaban J connectivity index is 2.32. The van der Waals surface area contributed by atoms with Crippen LogP contribution in [0, 0.1) is 5.92 Å². The smallest absolute Gasteiger partial charge is 0.188 e. The molecule has 1 N–H and O–H groups in total. The van der Waals surface area contributed by atoms with Crippen molar-refractivity contribution < 1.29 is 4.79 Å². The van der Waals surface area contributed by atoms with E-state index in [0.717, 1.165) is 13.1 Å². The Kier molecular flexibility index (Phi) is 2.80. The molecule has 82 valence electrons. The van der Waals surface area contributed by atoms with Crippen LogP contribution in [0.4, 0.5) is 0 Å². The van der Waals surface area contributed by atoms with Crippen molar-refractivity contribution in [3.05, 3.63) is 16.9 Å². The molecule has 1 aromatic rings. The fourth-order valence-corrected chi connectivity index (χ4v) is 1.85. The molecule has 1 aliphatic heterocycles. The molecule has 15 heavy (non-hydrogen) atoms. The normalized spacial score (nSPS) is 16.8. The monoisotopic (exact) mass is 227 g/mol. The molecule has 0 aromatic carbocycles. The van der Waals surface area contributed by atoms with Crippen molar-refractivity contribution in [1.29, 1.82) is 0 Å². The Labute approximate surface area is 93.6 Å². The summed E-state index contributed by atoms with van der Waals surface area (Å²) in [5.74, 6) is 0.168. The van der Waals surface area contributed by atoms with Crippen LogP contribution in [0.5, 0.6) is 0 Å². The van der Waals surface area contributed by atoms with Crippen molar-refractivity contribution in [3.8, 4) is 0 Å². The molecular formula is C10H14ClN3O. The molecule has 2 heterocycles. The first kappa shape index (κ1) is 10.6. The largest absolute Gasteiger partial charge is 0.315 e. The number of Topliss-reactive ketones (excluding diaryl/α,β-unsaturated/α-hetero) is 1. The van der Waals surface area contributed by atoms with Gasteiger partial charge >= 0.3 is 0 Å². The first-order valence-electron chi connectivity index (χ1n) is 5.09. The number of halogens is 1. The Hall–Kier alpha value is -0.870. The van der Waals surface area contributed by atoms with Gasteiger partial charge in [-0.05, 0) is 13.8 Å². The van der Waals surface area contributed by atoms with Gasteiger partial charge in [0.05, 0.1) is 11.2 Å². The molecule has 1 fully saturated rings. The van der Waals surface area contributed by atoms with E-state index in [0.29, 0.717) is 10.7 Å². The summed E-state index contributed by atoms with van der Waals surface area (Å²) >= 11 is 5.98. The van der Waals surface area contributed by atoms with Gasteiger partial charge in [-0.1, -0.05) is 11.6 Å². The first-order chi connectivity index (χ1) is 7.11. The minimum Gasteiger partial charge on any atom is -0.315 e. The van der Waals surface area contributed by atoms with E-state index in [4.69, 9.17) is 11.6 Å². The van der Waals surface area contributed by atoms with E-state index >= 15 is 0 Å². The second-order valence-corrected chi connectivity index (χ2v) is 4.51. The fourth-order valence-electron chi connectivity index (χ4n) is 1.63. The molecule has 0 bridgehead atoms. The second-order valence-electron chi connectivity index (χ2n) is 4.10. The van der Waals surface area contributed by atoms with Gasteiger partial charge in [-0.15, -0.1) is 0 Å². The van der Waals surface area contributed by atoms with Gasteiger partial charge in [0.25, 0.3) is 0 Å². The fraction of sp³-hybridized carbons (Fsp3) is 0.600. The van der Waals surface area contributed by atoms with Crippen LogP contribution in [-0.4, -0.2) is 28.7 Å². The van der Waals surface area contributed by atoms with Crippen LogP contribution in [0.15, 0.2) is 6.20 Å². The predicted octanol–water partition coefficient (Wildman–Crippen LogP) is 1.52. The van der Waals surface area contributed by atoms with Crippen molar-refractivity contribution in [2.45, 2.75) is 19.9 Å². The number of ketones is 1. The number of nitrogens with one attached hydrogen (secondary N) is 1. The van der Waals surface area contributed by atoms with Crippen molar-refractivity contribution in [3.63, 3.8) is 0 Å². The standard InChI is InChI=1S/C10H14ClN3O/c1-6(2)14-9(8(11)5-13-14)10(15)7-3-12-4-7/h5-7,12H,3-4H2,1-2H3. The van der Waals surface area contributed by atoms with Gasteiger partial charge in [0.15, 0.2) is 5.78 Å². The minimum atomic E-state index is 0.0664. The topological polar surface area (TPSA) is 46.9 Å². The Morgan fingerprint density at radius 2 is 2.33 bits per heavy atom. The second kappa shape index (κ2) is 3.94. The summed E-state index contributed by atoms with van der Waals surface area (Å²) in [6.45, 7) is 5.47. The first-order valence-corrected chi connectivity index (χ1v) is 5.47. The maximum atomic E-state index is 12.0. The quantitative estimate of drug-likeness (QED) is 0.797. The van der Waals surface area contributed by atoms with E-state index in [1.165, 1.54) is 0 Å². The molecule has 0 unspecified atom stereocenters. The van der Waals surface area contributed by atoms with Crippen LogP contribution < -0.4 is 5.32 Å². The lowest BCUT2D eigenvalue weighted by Gasteiger charge is -2.26. The van der Waals surface area contributed by atoms with Crippen LogP contribution in [0.1, 0.15) is 30.4 Å². The van der Waals surface area contributed by atoms with Gasteiger partial charge in [0, 0.05) is 25.0 Å². The molecule has 5 heteroatoms. The third kappa shape index (κ3) is 1.79.